The summed E-state index contributed by atoms with van der Waals surface area (Å²) >= 11 is 0. The number of nitrogens with zero attached hydrogens (tertiary/aromatic N) is 1. The average molecular weight is 495 g/mol. The van der Waals surface area contributed by atoms with Crippen LogP contribution in [0.5, 0.6) is 5.75 Å². The van der Waals surface area contributed by atoms with Crippen molar-refractivity contribution in [3.8, 4) is 5.75 Å². The van der Waals surface area contributed by atoms with Crippen LogP contribution in [0, 0.1) is 6.92 Å². The predicted molar refractivity (Wildman–Crippen MR) is 145 cm³/mol. The van der Waals surface area contributed by atoms with Crippen molar-refractivity contribution in [2.75, 3.05) is 13.7 Å². The number of aromatic nitrogens is 1. The van der Waals surface area contributed by atoms with Crippen molar-refractivity contribution in [2.45, 2.75) is 32.7 Å². The molecule has 1 fully saturated rings. The van der Waals surface area contributed by atoms with E-state index in [9.17, 15) is 14.7 Å². The lowest BCUT2D eigenvalue weighted by Gasteiger charge is -2.25. The molecule has 188 valence electrons. The van der Waals surface area contributed by atoms with E-state index in [-0.39, 0.29) is 11.3 Å². The second kappa shape index (κ2) is 9.97. The van der Waals surface area contributed by atoms with E-state index in [2.05, 4.69) is 11.9 Å². The van der Waals surface area contributed by atoms with E-state index in [0.29, 0.717) is 18.5 Å². The molecule has 0 spiro atoms. The van der Waals surface area contributed by atoms with Gasteiger partial charge >= 0.3 is 0 Å². The fraction of sp³-hybridized carbons (Fsp3) is 0.226. The third kappa shape index (κ3) is 4.51. The van der Waals surface area contributed by atoms with E-state index in [4.69, 9.17) is 4.74 Å². The smallest absolute Gasteiger partial charge is 0.295 e. The van der Waals surface area contributed by atoms with Crippen molar-refractivity contribution in [1.29, 1.82) is 0 Å². The monoisotopic (exact) mass is 494 g/mol. The van der Waals surface area contributed by atoms with Gasteiger partial charge in [0.05, 0.1) is 18.7 Å². The number of aliphatic hydroxyl groups excluding tert-OH is 1. The van der Waals surface area contributed by atoms with Gasteiger partial charge in [-0.25, -0.2) is 0 Å². The zero-order valence-corrected chi connectivity index (χ0v) is 21.2. The lowest BCUT2D eigenvalue weighted by atomic mass is 9.94. The largest absolute Gasteiger partial charge is 0.507 e. The molecule has 1 aliphatic rings. The molecular weight excluding hydrogens is 464 g/mol. The number of ketones is 1. The number of H-pyrrole nitrogens is 1. The van der Waals surface area contributed by atoms with Crippen molar-refractivity contribution in [2.24, 2.45) is 0 Å². The molecule has 37 heavy (non-hydrogen) atoms. The third-order valence-corrected chi connectivity index (χ3v) is 7.17. The van der Waals surface area contributed by atoms with Crippen LogP contribution < -0.4 is 4.74 Å². The van der Waals surface area contributed by atoms with Crippen molar-refractivity contribution in [1.82, 2.24) is 9.88 Å². The van der Waals surface area contributed by atoms with Crippen LogP contribution in [0.2, 0.25) is 0 Å². The molecule has 1 aromatic heterocycles. The lowest BCUT2D eigenvalue weighted by Crippen LogP contribution is -2.31. The number of rotatable bonds is 7. The van der Waals surface area contributed by atoms with E-state index in [1.165, 1.54) is 0 Å². The first-order valence-electron chi connectivity index (χ1n) is 12.5. The van der Waals surface area contributed by atoms with Crippen molar-refractivity contribution >= 4 is 28.4 Å². The van der Waals surface area contributed by atoms with Gasteiger partial charge in [-0.05, 0) is 54.7 Å². The van der Waals surface area contributed by atoms with Crippen LogP contribution in [0.1, 0.15) is 40.8 Å². The van der Waals surface area contributed by atoms with Crippen LogP contribution in [0.4, 0.5) is 0 Å². The first kappa shape index (κ1) is 24.4. The molecule has 6 heteroatoms. The number of likely N-dealkylation sites (tertiary alicyclic amines) is 1. The number of aliphatic hydroxyl groups is 1. The highest BCUT2D eigenvalue weighted by Gasteiger charge is 2.45. The summed E-state index contributed by atoms with van der Waals surface area (Å²) in [5.41, 5.74) is 5.64. The number of fused-ring (bicyclic) bond motifs is 1. The number of hydrogen-bond donors (Lipinski definition) is 2. The van der Waals surface area contributed by atoms with Gasteiger partial charge in [0.25, 0.3) is 11.7 Å². The molecule has 0 saturated carbocycles. The number of benzene rings is 3. The number of Topliss-reactive ketones (excluding diaryl/α,β-unsaturated/α-hetero) is 1. The Hall–Kier alpha value is -4.32. The lowest BCUT2D eigenvalue weighted by molar-refractivity contribution is -0.139. The number of carbonyl (C=O) groups excluding carboxylic acids is 2. The summed E-state index contributed by atoms with van der Waals surface area (Å²) in [5.74, 6) is -0.663. The minimum absolute atomic E-state index is 0.124. The molecule has 5 rings (SSSR count). The molecular formula is C31H30N2O4. The Labute approximate surface area is 216 Å². The normalized spacial score (nSPS) is 17.1. The van der Waals surface area contributed by atoms with Gasteiger partial charge in [-0.1, -0.05) is 61.0 Å². The van der Waals surface area contributed by atoms with Gasteiger partial charge in [0.1, 0.15) is 11.5 Å². The van der Waals surface area contributed by atoms with E-state index in [1.54, 1.807) is 24.1 Å². The molecule has 0 radical (unpaired) electrons. The van der Waals surface area contributed by atoms with Crippen molar-refractivity contribution < 1.29 is 19.4 Å². The summed E-state index contributed by atoms with van der Waals surface area (Å²) in [6.07, 6.45) is 3.35. The Bertz CT molecular complexity index is 1500. The number of hydrogen-bond acceptors (Lipinski definition) is 4. The first-order chi connectivity index (χ1) is 17.9. The predicted octanol–water partition coefficient (Wildman–Crippen LogP) is 5.71. The zero-order valence-electron chi connectivity index (χ0n) is 21.2. The first-order valence-corrected chi connectivity index (χ1v) is 12.5. The SMILES string of the molecule is CCc1ccc([C@H]2C(=C(O)c3ccc(C)cc3)C(=O)C(=O)N2CCc2c[nH]c3ccc(OC)cc23)cc1. The third-order valence-electron chi connectivity index (χ3n) is 7.17. The number of nitrogens with one attached hydrogen (secondary N) is 1. The summed E-state index contributed by atoms with van der Waals surface area (Å²) in [6, 6.07) is 20.3. The maximum Gasteiger partial charge on any atom is 0.295 e. The highest BCUT2D eigenvalue weighted by atomic mass is 16.5. The summed E-state index contributed by atoms with van der Waals surface area (Å²) in [6.45, 7) is 4.35. The highest BCUT2D eigenvalue weighted by Crippen LogP contribution is 2.40. The number of aromatic amines is 1. The zero-order chi connectivity index (χ0) is 26.1. The second-order valence-corrected chi connectivity index (χ2v) is 9.43. The van der Waals surface area contributed by atoms with Crippen LogP contribution >= 0.6 is 0 Å². The minimum Gasteiger partial charge on any atom is -0.507 e. The standard InChI is InChI=1S/C31H30N2O4/c1-4-20-7-11-21(12-8-20)28-27(29(34)22-9-5-19(2)6-10-22)30(35)31(36)33(28)16-15-23-18-32-26-14-13-24(37-3)17-25(23)26/h5-14,17-18,28,32,34H,4,15-16H2,1-3H3/t28-/m0/s1. The van der Waals surface area contributed by atoms with Crippen LogP contribution in [-0.2, 0) is 22.4 Å². The Morgan fingerprint density at radius 3 is 2.43 bits per heavy atom. The van der Waals surface area contributed by atoms with E-state index in [0.717, 1.165) is 45.3 Å². The summed E-state index contributed by atoms with van der Waals surface area (Å²) in [7, 11) is 1.63. The second-order valence-electron chi connectivity index (χ2n) is 9.43. The molecule has 1 atom stereocenters. The van der Waals surface area contributed by atoms with Crippen molar-refractivity contribution in [3.05, 3.63) is 106 Å². The van der Waals surface area contributed by atoms with Gasteiger partial charge in [0.15, 0.2) is 0 Å². The number of methoxy groups -OCH3 is 1. The van der Waals surface area contributed by atoms with E-state index in [1.807, 2.05) is 67.7 Å². The number of aryl methyl sites for hydroxylation is 2. The molecule has 1 aliphatic heterocycles. The van der Waals surface area contributed by atoms with Gasteiger partial charge in [-0.2, -0.15) is 0 Å². The fourth-order valence-corrected chi connectivity index (χ4v) is 4.99. The number of ether oxygens (including phenoxy) is 1. The highest BCUT2D eigenvalue weighted by molar-refractivity contribution is 6.46. The average Bonchev–Trinajstić information content (AvgIpc) is 3.44. The molecule has 3 aromatic carbocycles. The number of amides is 1. The minimum atomic E-state index is -0.674. The van der Waals surface area contributed by atoms with Gasteiger partial charge < -0.3 is 19.7 Å². The van der Waals surface area contributed by atoms with Gasteiger partial charge in [0.2, 0.25) is 0 Å². The van der Waals surface area contributed by atoms with E-state index < -0.39 is 17.7 Å². The van der Waals surface area contributed by atoms with Gasteiger partial charge in [-0.3, -0.25) is 9.59 Å². The molecule has 2 N–H and O–H groups in total. The van der Waals surface area contributed by atoms with Crippen LogP contribution in [-0.4, -0.2) is 40.3 Å². The molecule has 0 unspecified atom stereocenters. The molecule has 2 heterocycles. The van der Waals surface area contributed by atoms with Crippen LogP contribution in [0.25, 0.3) is 16.7 Å². The Kier molecular flexibility index (Phi) is 6.57. The van der Waals surface area contributed by atoms with Crippen LogP contribution in [0.3, 0.4) is 0 Å². The Balaban J connectivity index is 1.55. The molecule has 1 saturated heterocycles. The Morgan fingerprint density at radius 2 is 1.76 bits per heavy atom. The quantitative estimate of drug-likeness (QED) is 0.196. The maximum absolute atomic E-state index is 13.3. The topological polar surface area (TPSA) is 82.6 Å². The summed E-state index contributed by atoms with van der Waals surface area (Å²) in [4.78, 5) is 31.5. The molecule has 0 bridgehead atoms. The van der Waals surface area contributed by atoms with E-state index >= 15 is 0 Å². The summed E-state index contributed by atoms with van der Waals surface area (Å²) in [5, 5.41) is 12.3. The summed E-state index contributed by atoms with van der Waals surface area (Å²) < 4.78 is 5.38. The fourth-order valence-electron chi connectivity index (χ4n) is 4.99. The number of carbonyl (C=O) groups is 2. The van der Waals surface area contributed by atoms with Crippen molar-refractivity contribution in [3.63, 3.8) is 0 Å². The van der Waals surface area contributed by atoms with Crippen LogP contribution in [0.15, 0.2) is 78.5 Å². The molecule has 1 amide bonds. The molecule has 0 aliphatic carbocycles. The Morgan fingerprint density at radius 1 is 1.03 bits per heavy atom. The van der Waals surface area contributed by atoms with Gasteiger partial charge in [-0.15, -0.1) is 0 Å². The maximum atomic E-state index is 13.3. The van der Waals surface area contributed by atoms with Gasteiger partial charge in [0, 0.05) is 29.2 Å². The molecule has 6 nitrogen and oxygen atoms in total. The molecule has 4 aromatic rings.